The van der Waals surface area contributed by atoms with E-state index < -0.39 is 0 Å². The second-order valence-electron chi connectivity index (χ2n) is 3.70. The number of alkyl halides is 1. The normalized spacial score (nSPS) is 26.4. The molecule has 2 nitrogen and oxygen atoms in total. The van der Waals surface area contributed by atoms with Gasteiger partial charge in [0, 0.05) is 17.5 Å². The second kappa shape index (κ2) is 4.18. The number of ether oxygens (including phenoxy) is 1. The molecule has 0 spiro atoms. The van der Waals surface area contributed by atoms with Crippen LogP contribution in [0.1, 0.15) is 30.9 Å². The summed E-state index contributed by atoms with van der Waals surface area (Å²) in [5.41, 5.74) is 1.07. The van der Waals surface area contributed by atoms with Crippen molar-refractivity contribution in [1.82, 2.24) is 4.98 Å². The molecule has 1 aromatic heterocycles. The molecule has 1 aromatic rings. The van der Waals surface area contributed by atoms with Crippen LogP contribution in [0.5, 0.6) is 5.75 Å². The van der Waals surface area contributed by atoms with E-state index in [4.69, 9.17) is 16.3 Å². The van der Waals surface area contributed by atoms with Crippen LogP contribution in [0.3, 0.4) is 0 Å². The minimum atomic E-state index is 0.312. The maximum Gasteiger partial charge on any atom is 0.140 e. The largest absolute Gasteiger partial charge is 0.495 e. The topological polar surface area (TPSA) is 22.1 Å². The van der Waals surface area contributed by atoms with Crippen LogP contribution in [-0.4, -0.2) is 17.5 Å². The lowest BCUT2D eigenvalue weighted by molar-refractivity contribution is 0.402. The smallest absolute Gasteiger partial charge is 0.140 e. The van der Waals surface area contributed by atoms with Crippen LogP contribution in [0.15, 0.2) is 18.3 Å². The number of methoxy groups -OCH3 is 1. The molecule has 76 valence electrons. The lowest BCUT2D eigenvalue weighted by Gasteiger charge is -2.12. The van der Waals surface area contributed by atoms with Crippen molar-refractivity contribution in [3.05, 3.63) is 24.0 Å². The predicted molar refractivity (Wildman–Crippen MR) is 57.0 cm³/mol. The van der Waals surface area contributed by atoms with Crippen LogP contribution >= 0.6 is 11.6 Å². The zero-order chi connectivity index (χ0) is 9.97. The molecule has 1 heterocycles. The standard InChI is InChI=1S/C11H14ClNO/c1-14-10-3-2-6-13-11(10)8-4-5-9(12)7-8/h2-3,6,8-9H,4-5,7H2,1H3. The van der Waals surface area contributed by atoms with Gasteiger partial charge in [0.15, 0.2) is 0 Å². The molecule has 2 rings (SSSR count). The predicted octanol–water partition coefficient (Wildman–Crippen LogP) is 2.97. The lowest BCUT2D eigenvalue weighted by Crippen LogP contribution is -2.00. The summed E-state index contributed by atoms with van der Waals surface area (Å²) in [6, 6.07) is 3.86. The maximum atomic E-state index is 6.08. The first-order valence-corrected chi connectivity index (χ1v) is 5.38. The van der Waals surface area contributed by atoms with Gasteiger partial charge < -0.3 is 4.74 Å². The fourth-order valence-corrected chi connectivity index (χ4v) is 2.40. The molecule has 1 saturated carbocycles. The molecule has 0 aromatic carbocycles. The van der Waals surface area contributed by atoms with E-state index >= 15 is 0 Å². The Morgan fingerprint density at radius 3 is 3.00 bits per heavy atom. The molecule has 2 unspecified atom stereocenters. The number of nitrogens with zero attached hydrogens (tertiary/aromatic N) is 1. The Morgan fingerprint density at radius 1 is 1.50 bits per heavy atom. The van der Waals surface area contributed by atoms with Gasteiger partial charge in [-0.3, -0.25) is 4.98 Å². The second-order valence-corrected chi connectivity index (χ2v) is 4.32. The summed E-state index contributed by atoms with van der Waals surface area (Å²) in [5.74, 6) is 1.37. The summed E-state index contributed by atoms with van der Waals surface area (Å²) in [6.07, 6.45) is 5.06. The highest BCUT2D eigenvalue weighted by atomic mass is 35.5. The number of hydrogen-bond acceptors (Lipinski definition) is 2. The Morgan fingerprint density at radius 2 is 2.36 bits per heavy atom. The van der Waals surface area contributed by atoms with Gasteiger partial charge in [-0.25, -0.2) is 0 Å². The summed E-state index contributed by atoms with van der Waals surface area (Å²) in [5, 5.41) is 0.312. The molecular formula is C11H14ClNO. The van der Waals surface area contributed by atoms with E-state index in [2.05, 4.69) is 4.98 Å². The van der Waals surface area contributed by atoms with Crippen LogP contribution in [0, 0.1) is 0 Å². The van der Waals surface area contributed by atoms with Crippen molar-refractivity contribution in [2.75, 3.05) is 7.11 Å². The van der Waals surface area contributed by atoms with E-state index in [-0.39, 0.29) is 0 Å². The zero-order valence-corrected chi connectivity index (χ0v) is 9.00. The lowest BCUT2D eigenvalue weighted by atomic mass is 10.0. The number of halogens is 1. The van der Waals surface area contributed by atoms with Gasteiger partial charge in [-0.2, -0.15) is 0 Å². The monoisotopic (exact) mass is 211 g/mol. The molecule has 0 radical (unpaired) electrons. The van der Waals surface area contributed by atoms with E-state index in [0.29, 0.717) is 11.3 Å². The first-order valence-electron chi connectivity index (χ1n) is 4.94. The van der Waals surface area contributed by atoms with Crippen LogP contribution in [0.2, 0.25) is 0 Å². The molecule has 1 fully saturated rings. The minimum Gasteiger partial charge on any atom is -0.495 e. The van der Waals surface area contributed by atoms with Crippen LogP contribution in [0.25, 0.3) is 0 Å². The molecule has 1 aliphatic carbocycles. The molecule has 0 aliphatic heterocycles. The van der Waals surface area contributed by atoms with Crippen molar-refractivity contribution in [3.8, 4) is 5.75 Å². The molecule has 3 heteroatoms. The molecule has 0 saturated heterocycles. The Bertz CT molecular complexity index is 316. The molecule has 0 amide bonds. The van der Waals surface area contributed by atoms with Gasteiger partial charge in [-0.1, -0.05) is 0 Å². The van der Waals surface area contributed by atoms with E-state index in [9.17, 15) is 0 Å². The zero-order valence-electron chi connectivity index (χ0n) is 8.24. The summed E-state index contributed by atoms with van der Waals surface area (Å²) in [7, 11) is 1.69. The van der Waals surface area contributed by atoms with Crippen molar-refractivity contribution in [1.29, 1.82) is 0 Å². The quantitative estimate of drug-likeness (QED) is 0.702. The Balaban J connectivity index is 2.22. The van der Waals surface area contributed by atoms with Gasteiger partial charge in [0.1, 0.15) is 5.75 Å². The summed E-state index contributed by atoms with van der Waals surface area (Å²) >= 11 is 6.08. The third-order valence-corrected chi connectivity index (χ3v) is 3.17. The van der Waals surface area contributed by atoms with Crippen molar-refractivity contribution >= 4 is 11.6 Å². The van der Waals surface area contributed by atoms with Gasteiger partial charge in [-0.15, -0.1) is 11.6 Å². The molecular weight excluding hydrogens is 198 g/mol. The number of hydrogen-bond donors (Lipinski definition) is 0. The first-order chi connectivity index (χ1) is 6.81. The Labute approximate surface area is 89.3 Å². The number of rotatable bonds is 2. The molecule has 1 aliphatic rings. The van der Waals surface area contributed by atoms with Gasteiger partial charge in [-0.05, 0) is 31.4 Å². The van der Waals surface area contributed by atoms with Crippen molar-refractivity contribution in [2.45, 2.75) is 30.6 Å². The van der Waals surface area contributed by atoms with Crippen molar-refractivity contribution in [2.24, 2.45) is 0 Å². The SMILES string of the molecule is COc1cccnc1C1CCC(Cl)C1. The van der Waals surface area contributed by atoms with E-state index in [1.165, 1.54) is 0 Å². The summed E-state index contributed by atoms with van der Waals surface area (Å²) < 4.78 is 5.29. The average molecular weight is 212 g/mol. The highest BCUT2D eigenvalue weighted by Crippen LogP contribution is 2.39. The third-order valence-electron chi connectivity index (χ3n) is 2.77. The fourth-order valence-electron chi connectivity index (χ4n) is 2.06. The number of aromatic nitrogens is 1. The maximum absolute atomic E-state index is 6.08. The van der Waals surface area contributed by atoms with Gasteiger partial charge in [0.2, 0.25) is 0 Å². The summed E-state index contributed by atoms with van der Waals surface area (Å²) in [6.45, 7) is 0. The first kappa shape index (κ1) is 9.78. The molecule has 14 heavy (non-hydrogen) atoms. The van der Waals surface area contributed by atoms with Gasteiger partial charge in [0.25, 0.3) is 0 Å². The van der Waals surface area contributed by atoms with Gasteiger partial charge in [0.05, 0.1) is 12.8 Å². The molecule has 2 atom stereocenters. The number of pyridine rings is 1. The Kier molecular flexibility index (Phi) is 2.92. The van der Waals surface area contributed by atoms with Crippen molar-refractivity contribution in [3.63, 3.8) is 0 Å². The van der Waals surface area contributed by atoms with Crippen LogP contribution < -0.4 is 4.74 Å². The third kappa shape index (κ3) is 1.85. The highest BCUT2D eigenvalue weighted by Gasteiger charge is 2.27. The van der Waals surface area contributed by atoms with E-state index in [1.54, 1.807) is 7.11 Å². The van der Waals surface area contributed by atoms with E-state index in [1.807, 2.05) is 18.3 Å². The average Bonchev–Trinajstić information content (AvgIpc) is 2.65. The minimum absolute atomic E-state index is 0.312. The Hall–Kier alpha value is -0.760. The van der Waals surface area contributed by atoms with Crippen LogP contribution in [0.4, 0.5) is 0 Å². The van der Waals surface area contributed by atoms with Gasteiger partial charge >= 0.3 is 0 Å². The van der Waals surface area contributed by atoms with E-state index in [0.717, 1.165) is 30.7 Å². The highest BCUT2D eigenvalue weighted by molar-refractivity contribution is 6.20. The van der Waals surface area contributed by atoms with Crippen LogP contribution in [-0.2, 0) is 0 Å². The van der Waals surface area contributed by atoms with Crippen molar-refractivity contribution < 1.29 is 4.74 Å². The summed E-state index contributed by atoms with van der Waals surface area (Å²) in [4.78, 5) is 4.38. The fraction of sp³-hybridized carbons (Fsp3) is 0.545. The molecule has 0 bridgehead atoms. The molecule has 0 N–H and O–H groups in total.